The number of anilines is 1. The van der Waals surface area contributed by atoms with E-state index in [-0.39, 0.29) is 22.7 Å². The summed E-state index contributed by atoms with van der Waals surface area (Å²) in [7, 11) is 0. The monoisotopic (exact) mass is 335 g/mol. The third-order valence-corrected chi connectivity index (χ3v) is 3.45. The number of nitrogens with zero attached hydrogens (tertiary/aromatic N) is 2. The van der Waals surface area contributed by atoms with Crippen LogP contribution in [0.25, 0.3) is 0 Å². The van der Waals surface area contributed by atoms with Crippen LogP contribution in [0.1, 0.15) is 12.8 Å². The van der Waals surface area contributed by atoms with Gasteiger partial charge in [0, 0.05) is 23.3 Å². The van der Waals surface area contributed by atoms with Crippen LogP contribution in [0.5, 0.6) is 0 Å². The number of amides is 1. The fourth-order valence-corrected chi connectivity index (χ4v) is 2.35. The number of allylic oxidation sites excluding steroid dienone is 3. The molecule has 0 aliphatic carbocycles. The SMILES string of the molecule is O=C/C(=C\C(Cl)=C\C(=O)NC1CCNCC1)Nc1ccncn1. The number of halogens is 1. The Morgan fingerprint density at radius 2 is 2.13 bits per heavy atom. The summed E-state index contributed by atoms with van der Waals surface area (Å²) >= 11 is 6.01. The predicted octanol–water partition coefficient (Wildman–Crippen LogP) is 0.962. The maximum atomic E-state index is 11.9. The molecule has 1 aliphatic rings. The van der Waals surface area contributed by atoms with Crippen LogP contribution in [0.2, 0.25) is 0 Å². The van der Waals surface area contributed by atoms with E-state index >= 15 is 0 Å². The van der Waals surface area contributed by atoms with Gasteiger partial charge in [0.15, 0.2) is 6.29 Å². The predicted molar refractivity (Wildman–Crippen MR) is 87.8 cm³/mol. The van der Waals surface area contributed by atoms with Gasteiger partial charge < -0.3 is 16.0 Å². The van der Waals surface area contributed by atoms with Gasteiger partial charge in [-0.3, -0.25) is 9.59 Å². The summed E-state index contributed by atoms with van der Waals surface area (Å²) in [6.45, 7) is 1.78. The Hall–Kier alpha value is -2.25. The number of carbonyl (C=O) groups excluding carboxylic acids is 2. The fourth-order valence-electron chi connectivity index (χ4n) is 2.14. The molecule has 0 radical (unpaired) electrons. The molecule has 2 rings (SSSR count). The number of hydrogen-bond donors (Lipinski definition) is 3. The third kappa shape index (κ3) is 6.17. The molecule has 1 aromatic rings. The smallest absolute Gasteiger partial charge is 0.245 e. The molecule has 1 aromatic heterocycles. The largest absolute Gasteiger partial charge is 0.350 e. The van der Waals surface area contributed by atoms with Gasteiger partial charge in [0.1, 0.15) is 12.1 Å². The molecule has 1 aliphatic heterocycles. The van der Waals surface area contributed by atoms with E-state index in [9.17, 15) is 9.59 Å². The number of aldehydes is 1. The van der Waals surface area contributed by atoms with Crippen LogP contribution in [0.15, 0.2) is 41.5 Å². The maximum Gasteiger partial charge on any atom is 0.245 e. The van der Waals surface area contributed by atoms with E-state index in [0.717, 1.165) is 25.9 Å². The highest BCUT2D eigenvalue weighted by Crippen LogP contribution is 2.10. The van der Waals surface area contributed by atoms with E-state index in [0.29, 0.717) is 12.1 Å². The second-order valence-electron chi connectivity index (χ2n) is 5.00. The van der Waals surface area contributed by atoms with Gasteiger partial charge in [-0.25, -0.2) is 9.97 Å². The van der Waals surface area contributed by atoms with Gasteiger partial charge in [-0.2, -0.15) is 0 Å². The van der Waals surface area contributed by atoms with Crippen molar-refractivity contribution in [2.45, 2.75) is 18.9 Å². The van der Waals surface area contributed by atoms with Gasteiger partial charge in [-0.1, -0.05) is 11.6 Å². The minimum absolute atomic E-state index is 0.151. The van der Waals surface area contributed by atoms with Crippen molar-refractivity contribution in [3.05, 3.63) is 41.5 Å². The summed E-state index contributed by atoms with van der Waals surface area (Å²) < 4.78 is 0. The minimum atomic E-state index is -0.273. The molecular weight excluding hydrogens is 318 g/mol. The van der Waals surface area contributed by atoms with Crippen molar-refractivity contribution in [2.24, 2.45) is 0 Å². The molecule has 23 heavy (non-hydrogen) atoms. The number of aromatic nitrogens is 2. The molecule has 0 saturated carbocycles. The van der Waals surface area contributed by atoms with E-state index in [1.165, 1.54) is 18.5 Å². The topological polar surface area (TPSA) is 96.0 Å². The first-order valence-corrected chi connectivity index (χ1v) is 7.63. The van der Waals surface area contributed by atoms with Crippen molar-refractivity contribution in [1.29, 1.82) is 0 Å². The van der Waals surface area contributed by atoms with Gasteiger partial charge in [-0.15, -0.1) is 0 Å². The fraction of sp³-hybridized carbons (Fsp3) is 0.333. The molecule has 7 nitrogen and oxygen atoms in total. The molecule has 8 heteroatoms. The van der Waals surface area contributed by atoms with Crippen LogP contribution in [0.3, 0.4) is 0 Å². The van der Waals surface area contributed by atoms with Gasteiger partial charge in [0.05, 0.1) is 5.70 Å². The van der Waals surface area contributed by atoms with Crippen molar-refractivity contribution in [3.63, 3.8) is 0 Å². The summed E-state index contributed by atoms with van der Waals surface area (Å²) in [5.74, 6) is 0.187. The van der Waals surface area contributed by atoms with Gasteiger partial charge >= 0.3 is 0 Å². The number of hydrogen-bond acceptors (Lipinski definition) is 6. The molecule has 2 heterocycles. The third-order valence-electron chi connectivity index (χ3n) is 3.23. The lowest BCUT2D eigenvalue weighted by Crippen LogP contribution is -2.42. The Morgan fingerprint density at radius 3 is 2.78 bits per heavy atom. The molecular formula is C15H18ClN5O2. The van der Waals surface area contributed by atoms with Crippen molar-refractivity contribution >= 4 is 29.6 Å². The zero-order chi connectivity index (χ0) is 16.5. The van der Waals surface area contributed by atoms with Gasteiger partial charge in [0.25, 0.3) is 0 Å². The first-order chi connectivity index (χ1) is 11.2. The van der Waals surface area contributed by atoms with Crippen molar-refractivity contribution < 1.29 is 9.59 Å². The van der Waals surface area contributed by atoms with Gasteiger partial charge in [-0.05, 0) is 38.1 Å². The van der Waals surface area contributed by atoms with Crippen LogP contribution in [-0.2, 0) is 9.59 Å². The number of piperidine rings is 1. The Bertz CT molecular complexity index is 597. The quantitative estimate of drug-likeness (QED) is 0.407. The summed E-state index contributed by atoms with van der Waals surface area (Å²) in [5, 5.41) is 9.06. The normalized spacial score (nSPS) is 16.7. The highest BCUT2D eigenvalue weighted by atomic mass is 35.5. The standard InChI is InChI=1S/C15H18ClN5O2/c16-11(8-15(23)21-12-1-4-17-5-2-12)7-13(9-22)20-14-3-6-18-10-19-14/h3,6-10,12,17H,1-2,4-5H2,(H,21,23)(H,18,19,20)/b11-8-,13-7+. The first-order valence-electron chi connectivity index (χ1n) is 7.25. The van der Waals surface area contributed by atoms with Crippen LogP contribution < -0.4 is 16.0 Å². The van der Waals surface area contributed by atoms with Gasteiger partial charge in [0.2, 0.25) is 5.91 Å². The van der Waals surface area contributed by atoms with Crippen molar-refractivity contribution in [2.75, 3.05) is 18.4 Å². The van der Waals surface area contributed by atoms with Crippen molar-refractivity contribution in [3.8, 4) is 0 Å². The highest BCUT2D eigenvalue weighted by molar-refractivity contribution is 6.32. The molecule has 1 saturated heterocycles. The average Bonchev–Trinajstić information content (AvgIpc) is 2.56. The number of nitrogens with one attached hydrogen (secondary N) is 3. The lowest BCUT2D eigenvalue weighted by atomic mass is 10.1. The lowest BCUT2D eigenvalue weighted by Gasteiger charge is -2.22. The second kappa shape index (κ2) is 9.02. The van der Waals surface area contributed by atoms with E-state index in [4.69, 9.17) is 11.6 Å². The molecule has 0 unspecified atom stereocenters. The molecule has 1 fully saturated rings. The van der Waals surface area contributed by atoms with E-state index < -0.39 is 0 Å². The summed E-state index contributed by atoms with van der Waals surface area (Å²) in [4.78, 5) is 30.7. The summed E-state index contributed by atoms with van der Waals surface area (Å²) in [6.07, 6.45) is 7.91. The Morgan fingerprint density at radius 1 is 1.35 bits per heavy atom. The zero-order valence-electron chi connectivity index (χ0n) is 12.5. The Kier molecular flexibility index (Phi) is 6.71. The Balaban J connectivity index is 1.94. The zero-order valence-corrected chi connectivity index (χ0v) is 13.2. The van der Waals surface area contributed by atoms with E-state index in [2.05, 4.69) is 25.9 Å². The second-order valence-corrected chi connectivity index (χ2v) is 5.44. The van der Waals surface area contributed by atoms with Crippen LogP contribution in [0.4, 0.5) is 5.82 Å². The molecule has 0 bridgehead atoms. The molecule has 1 amide bonds. The molecule has 0 atom stereocenters. The van der Waals surface area contributed by atoms with E-state index in [1.807, 2.05) is 0 Å². The number of carbonyl (C=O) groups is 2. The van der Waals surface area contributed by atoms with Crippen LogP contribution >= 0.6 is 11.6 Å². The Labute approximate surface area is 139 Å². The molecule has 3 N–H and O–H groups in total. The molecule has 0 spiro atoms. The summed E-state index contributed by atoms with van der Waals surface area (Å²) in [6, 6.07) is 1.76. The maximum absolute atomic E-state index is 11.9. The number of rotatable bonds is 6. The van der Waals surface area contributed by atoms with Crippen LogP contribution in [-0.4, -0.2) is 41.3 Å². The molecule has 0 aromatic carbocycles. The molecule has 122 valence electrons. The minimum Gasteiger partial charge on any atom is -0.350 e. The average molecular weight is 336 g/mol. The highest BCUT2D eigenvalue weighted by Gasteiger charge is 2.14. The van der Waals surface area contributed by atoms with Crippen molar-refractivity contribution in [1.82, 2.24) is 20.6 Å². The lowest BCUT2D eigenvalue weighted by molar-refractivity contribution is -0.117. The first kappa shape index (κ1) is 17.1. The summed E-state index contributed by atoms with van der Waals surface area (Å²) in [5.41, 5.74) is 0.194. The van der Waals surface area contributed by atoms with E-state index in [1.54, 1.807) is 12.3 Å². The van der Waals surface area contributed by atoms with Crippen LogP contribution in [0, 0.1) is 0 Å².